The fourth-order valence-electron chi connectivity index (χ4n) is 2.94. The largest absolute Gasteiger partial charge is 0.459 e. The molecule has 1 unspecified atom stereocenters. The molecule has 5 heteroatoms. The van der Waals surface area contributed by atoms with E-state index >= 15 is 0 Å². The van der Waals surface area contributed by atoms with E-state index in [4.69, 9.17) is 4.42 Å². The fraction of sp³-hybridized carbons (Fsp3) is 0.526. The second-order valence-electron chi connectivity index (χ2n) is 6.52. The van der Waals surface area contributed by atoms with Gasteiger partial charge in [0, 0.05) is 11.9 Å². The van der Waals surface area contributed by atoms with Crippen molar-refractivity contribution in [3.05, 3.63) is 36.1 Å². The summed E-state index contributed by atoms with van der Waals surface area (Å²) < 4.78 is 5.95. The van der Waals surface area contributed by atoms with Gasteiger partial charge in [0.25, 0.3) is 0 Å². The molecule has 1 atom stereocenters. The van der Waals surface area contributed by atoms with Gasteiger partial charge in [-0.2, -0.15) is 0 Å². The number of nitrogens with zero attached hydrogens (tertiary/aromatic N) is 1. The lowest BCUT2D eigenvalue weighted by molar-refractivity contribution is -0.132. The number of benzene rings is 1. The van der Waals surface area contributed by atoms with Crippen molar-refractivity contribution in [2.75, 3.05) is 19.6 Å². The van der Waals surface area contributed by atoms with E-state index in [0.717, 1.165) is 42.2 Å². The van der Waals surface area contributed by atoms with Crippen LogP contribution in [-0.4, -0.2) is 30.4 Å². The fourth-order valence-corrected chi connectivity index (χ4v) is 2.94. The summed E-state index contributed by atoms with van der Waals surface area (Å²) in [6, 6.07) is 9.98. The van der Waals surface area contributed by atoms with Crippen LogP contribution in [0.2, 0.25) is 0 Å². The number of hydrogen-bond donors (Lipinski definition) is 1. The molecule has 1 N–H and O–H groups in total. The molecule has 0 radical (unpaired) electrons. The van der Waals surface area contributed by atoms with E-state index in [9.17, 15) is 4.79 Å². The van der Waals surface area contributed by atoms with Crippen molar-refractivity contribution in [3.8, 4) is 0 Å². The topological polar surface area (TPSA) is 45.5 Å². The average Bonchev–Trinajstić information content (AvgIpc) is 3.27. The van der Waals surface area contributed by atoms with Crippen LogP contribution in [0.3, 0.4) is 0 Å². The molecular formula is C19H27ClN2O2. The Bertz CT molecular complexity index is 633. The van der Waals surface area contributed by atoms with Gasteiger partial charge in [0.05, 0.1) is 12.6 Å². The van der Waals surface area contributed by atoms with Crippen molar-refractivity contribution in [1.29, 1.82) is 0 Å². The maximum absolute atomic E-state index is 12.6. The number of halogens is 1. The highest BCUT2D eigenvalue weighted by molar-refractivity contribution is 5.85. The molecule has 1 heterocycles. The van der Waals surface area contributed by atoms with E-state index in [1.165, 1.54) is 12.8 Å². The number of amides is 1. The molecule has 4 nitrogen and oxygen atoms in total. The summed E-state index contributed by atoms with van der Waals surface area (Å²) in [5.74, 6) is 1.80. The van der Waals surface area contributed by atoms with Crippen molar-refractivity contribution >= 4 is 29.3 Å². The van der Waals surface area contributed by atoms with Gasteiger partial charge in [0.2, 0.25) is 5.91 Å². The predicted molar refractivity (Wildman–Crippen MR) is 99.5 cm³/mol. The van der Waals surface area contributed by atoms with Gasteiger partial charge in [-0.05, 0) is 50.8 Å². The van der Waals surface area contributed by atoms with E-state index < -0.39 is 0 Å². The molecule has 24 heavy (non-hydrogen) atoms. The van der Waals surface area contributed by atoms with Crippen molar-refractivity contribution in [2.24, 2.45) is 5.92 Å². The van der Waals surface area contributed by atoms with Crippen LogP contribution in [0.25, 0.3) is 11.0 Å². The molecule has 132 valence electrons. The maximum atomic E-state index is 12.6. The second-order valence-corrected chi connectivity index (χ2v) is 6.52. The Morgan fingerprint density at radius 2 is 2.12 bits per heavy atom. The zero-order chi connectivity index (χ0) is 16.2. The van der Waals surface area contributed by atoms with Crippen LogP contribution in [0.1, 0.15) is 44.9 Å². The standard InChI is InChI=1S/C19H26N2O2.ClH/c1-3-10-21(19(22)13-20-12-15-8-9-15)14(2)18-11-16-6-4-5-7-17(16)23-18;/h4-7,11,14-15,20H,3,8-10,12-13H2,1-2H3;1H. The molecule has 0 spiro atoms. The third-order valence-electron chi connectivity index (χ3n) is 4.51. The first-order valence-corrected chi connectivity index (χ1v) is 8.67. The summed E-state index contributed by atoms with van der Waals surface area (Å²) in [6.45, 7) is 6.28. The summed E-state index contributed by atoms with van der Waals surface area (Å²) >= 11 is 0. The third kappa shape index (κ3) is 4.52. The molecule has 1 aliphatic carbocycles. The molecular weight excluding hydrogens is 324 g/mol. The van der Waals surface area contributed by atoms with Gasteiger partial charge in [-0.1, -0.05) is 25.1 Å². The summed E-state index contributed by atoms with van der Waals surface area (Å²) in [6.07, 6.45) is 3.55. The summed E-state index contributed by atoms with van der Waals surface area (Å²) in [4.78, 5) is 14.5. The van der Waals surface area contributed by atoms with Gasteiger partial charge in [-0.15, -0.1) is 12.4 Å². The molecule has 0 saturated heterocycles. The SMILES string of the molecule is CCCN(C(=O)CNCC1CC1)C(C)c1cc2ccccc2o1.Cl. The lowest BCUT2D eigenvalue weighted by Crippen LogP contribution is -2.40. The van der Waals surface area contributed by atoms with Crippen LogP contribution in [0.5, 0.6) is 0 Å². The van der Waals surface area contributed by atoms with Crippen LogP contribution < -0.4 is 5.32 Å². The van der Waals surface area contributed by atoms with E-state index in [0.29, 0.717) is 6.54 Å². The van der Waals surface area contributed by atoms with Gasteiger partial charge in [0.15, 0.2) is 0 Å². The van der Waals surface area contributed by atoms with Gasteiger partial charge >= 0.3 is 0 Å². The van der Waals surface area contributed by atoms with Gasteiger partial charge < -0.3 is 14.6 Å². The number of furan rings is 1. The van der Waals surface area contributed by atoms with E-state index in [2.05, 4.69) is 12.2 Å². The second kappa shape index (κ2) is 8.54. The Labute approximate surface area is 150 Å². The quantitative estimate of drug-likeness (QED) is 0.777. The lowest BCUT2D eigenvalue weighted by atomic mass is 10.2. The summed E-state index contributed by atoms with van der Waals surface area (Å²) in [5, 5.41) is 4.39. The van der Waals surface area contributed by atoms with Crippen molar-refractivity contribution in [3.63, 3.8) is 0 Å². The third-order valence-corrected chi connectivity index (χ3v) is 4.51. The van der Waals surface area contributed by atoms with Crippen LogP contribution >= 0.6 is 12.4 Å². The lowest BCUT2D eigenvalue weighted by Gasteiger charge is -2.28. The molecule has 1 aliphatic rings. The Hall–Kier alpha value is -1.52. The van der Waals surface area contributed by atoms with E-state index in [1.807, 2.05) is 42.2 Å². The minimum Gasteiger partial charge on any atom is -0.459 e. The minimum atomic E-state index is -0.0439. The number of rotatable bonds is 8. The predicted octanol–water partition coefficient (Wildman–Crippen LogP) is 4.15. The Morgan fingerprint density at radius 1 is 1.38 bits per heavy atom. The van der Waals surface area contributed by atoms with Crippen LogP contribution in [0.4, 0.5) is 0 Å². The Balaban J connectivity index is 0.00000208. The average molecular weight is 351 g/mol. The monoisotopic (exact) mass is 350 g/mol. The van der Waals surface area contributed by atoms with Crippen molar-refractivity contribution in [1.82, 2.24) is 10.2 Å². The Morgan fingerprint density at radius 3 is 2.79 bits per heavy atom. The zero-order valence-electron chi connectivity index (χ0n) is 14.5. The number of para-hydroxylation sites is 1. The summed E-state index contributed by atoms with van der Waals surface area (Å²) in [5.41, 5.74) is 0.880. The number of carbonyl (C=O) groups is 1. The maximum Gasteiger partial charge on any atom is 0.237 e. The van der Waals surface area contributed by atoms with Crippen molar-refractivity contribution in [2.45, 2.75) is 39.2 Å². The molecule has 1 aromatic carbocycles. The van der Waals surface area contributed by atoms with Gasteiger partial charge in [-0.25, -0.2) is 0 Å². The van der Waals surface area contributed by atoms with E-state index in [1.54, 1.807) is 0 Å². The van der Waals surface area contributed by atoms with Crippen LogP contribution in [0, 0.1) is 5.92 Å². The first kappa shape index (κ1) is 18.8. The smallest absolute Gasteiger partial charge is 0.237 e. The molecule has 0 bridgehead atoms. The van der Waals surface area contributed by atoms with Gasteiger partial charge in [0.1, 0.15) is 11.3 Å². The number of carbonyl (C=O) groups excluding carboxylic acids is 1. The highest BCUT2D eigenvalue weighted by atomic mass is 35.5. The molecule has 3 rings (SSSR count). The van der Waals surface area contributed by atoms with Crippen LogP contribution in [0.15, 0.2) is 34.7 Å². The normalized spacial score (nSPS) is 15.1. The number of nitrogens with one attached hydrogen (secondary N) is 1. The molecule has 2 aromatic rings. The first-order valence-electron chi connectivity index (χ1n) is 8.67. The van der Waals surface area contributed by atoms with E-state index in [-0.39, 0.29) is 24.4 Å². The molecule has 0 aliphatic heterocycles. The van der Waals surface area contributed by atoms with Crippen LogP contribution in [-0.2, 0) is 4.79 Å². The number of fused-ring (bicyclic) bond motifs is 1. The minimum absolute atomic E-state index is 0. The molecule has 1 amide bonds. The molecule has 1 saturated carbocycles. The highest BCUT2D eigenvalue weighted by Gasteiger charge is 2.25. The zero-order valence-corrected chi connectivity index (χ0v) is 15.3. The molecule has 1 fully saturated rings. The van der Waals surface area contributed by atoms with Crippen molar-refractivity contribution < 1.29 is 9.21 Å². The first-order chi connectivity index (χ1) is 11.2. The number of hydrogen-bond acceptors (Lipinski definition) is 3. The summed E-state index contributed by atoms with van der Waals surface area (Å²) in [7, 11) is 0. The highest BCUT2D eigenvalue weighted by Crippen LogP contribution is 2.28. The van der Waals surface area contributed by atoms with Gasteiger partial charge in [-0.3, -0.25) is 4.79 Å². The Kier molecular flexibility index (Phi) is 6.69. The molecule has 1 aromatic heterocycles.